The van der Waals surface area contributed by atoms with E-state index in [-0.39, 0.29) is 12.1 Å². The number of hydrogen-bond donors (Lipinski definition) is 2. The summed E-state index contributed by atoms with van der Waals surface area (Å²) in [5.41, 5.74) is 9.22. The van der Waals surface area contributed by atoms with Gasteiger partial charge >= 0.3 is 6.03 Å². The van der Waals surface area contributed by atoms with Gasteiger partial charge in [-0.05, 0) is 42.5 Å². The number of nitrogens with two attached hydrogens (primary N) is 1. The van der Waals surface area contributed by atoms with Crippen LogP contribution in [-0.4, -0.2) is 24.0 Å². The summed E-state index contributed by atoms with van der Waals surface area (Å²) in [6.07, 6.45) is 3.27. The van der Waals surface area contributed by atoms with Crippen LogP contribution in [0.3, 0.4) is 0 Å². The van der Waals surface area contributed by atoms with Crippen molar-refractivity contribution in [3.8, 4) is 0 Å². The number of urea groups is 1. The molecule has 3 N–H and O–H groups in total. The molecule has 4 heteroatoms. The summed E-state index contributed by atoms with van der Waals surface area (Å²) in [5.74, 6) is 0. The van der Waals surface area contributed by atoms with Crippen LogP contribution in [0.1, 0.15) is 30.0 Å². The van der Waals surface area contributed by atoms with Crippen LogP contribution in [0.2, 0.25) is 0 Å². The molecule has 0 bridgehead atoms. The minimum absolute atomic E-state index is 0.0691. The number of carbonyl (C=O) groups excluding carboxylic acids is 1. The molecule has 2 aliphatic rings. The minimum atomic E-state index is 0.0691. The average Bonchev–Trinajstić information content (AvgIpc) is 2.74. The molecule has 1 heterocycles. The number of hydrogen-bond acceptors (Lipinski definition) is 2. The molecule has 0 radical (unpaired) electrons. The van der Waals surface area contributed by atoms with Gasteiger partial charge in [0.25, 0.3) is 0 Å². The van der Waals surface area contributed by atoms with Crippen LogP contribution in [0.25, 0.3) is 0 Å². The van der Waals surface area contributed by atoms with E-state index in [1.165, 1.54) is 11.1 Å². The summed E-state index contributed by atoms with van der Waals surface area (Å²) in [4.78, 5) is 13.7. The van der Waals surface area contributed by atoms with Crippen molar-refractivity contribution < 1.29 is 4.79 Å². The molecular weight excluding hydrogens is 214 g/mol. The van der Waals surface area contributed by atoms with Crippen molar-refractivity contribution in [2.24, 2.45) is 0 Å². The summed E-state index contributed by atoms with van der Waals surface area (Å²) in [6, 6.07) is 6.38. The van der Waals surface area contributed by atoms with Gasteiger partial charge in [-0.3, -0.25) is 0 Å². The Hall–Kier alpha value is -1.71. The largest absolute Gasteiger partial charge is 0.399 e. The van der Waals surface area contributed by atoms with Crippen molar-refractivity contribution in [2.45, 2.75) is 25.3 Å². The van der Waals surface area contributed by atoms with E-state index in [1.54, 1.807) is 0 Å². The maximum atomic E-state index is 11.7. The van der Waals surface area contributed by atoms with Crippen molar-refractivity contribution in [1.82, 2.24) is 10.2 Å². The molecule has 1 fully saturated rings. The molecule has 4 nitrogen and oxygen atoms in total. The van der Waals surface area contributed by atoms with Gasteiger partial charge in [0, 0.05) is 18.8 Å². The van der Waals surface area contributed by atoms with E-state index in [1.807, 2.05) is 11.0 Å². The molecule has 1 unspecified atom stereocenters. The SMILES string of the molecule is Nc1ccc2c(c1)CCCC2N1CCNC1=O. The zero-order chi connectivity index (χ0) is 11.8. The first-order valence-corrected chi connectivity index (χ1v) is 6.18. The molecule has 90 valence electrons. The van der Waals surface area contributed by atoms with Gasteiger partial charge in [-0.2, -0.15) is 0 Å². The summed E-state index contributed by atoms with van der Waals surface area (Å²) < 4.78 is 0. The highest BCUT2D eigenvalue weighted by Gasteiger charge is 2.31. The number of benzene rings is 1. The maximum Gasteiger partial charge on any atom is 0.318 e. The van der Waals surface area contributed by atoms with Crippen LogP contribution in [0.15, 0.2) is 18.2 Å². The fourth-order valence-electron chi connectivity index (χ4n) is 2.92. The van der Waals surface area contributed by atoms with Gasteiger partial charge in [0.15, 0.2) is 0 Å². The van der Waals surface area contributed by atoms with Crippen molar-refractivity contribution in [1.29, 1.82) is 0 Å². The summed E-state index contributed by atoms with van der Waals surface area (Å²) in [5, 5.41) is 2.87. The van der Waals surface area contributed by atoms with Gasteiger partial charge in [0.05, 0.1) is 6.04 Å². The van der Waals surface area contributed by atoms with Crippen LogP contribution in [0, 0.1) is 0 Å². The minimum Gasteiger partial charge on any atom is -0.399 e. The van der Waals surface area contributed by atoms with Crippen LogP contribution in [-0.2, 0) is 6.42 Å². The summed E-state index contributed by atoms with van der Waals surface area (Å²) in [6.45, 7) is 1.58. The second-order valence-corrected chi connectivity index (χ2v) is 4.79. The molecule has 0 spiro atoms. The van der Waals surface area contributed by atoms with E-state index in [4.69, 9.17) is 5.73 Å². The van der Waals surface area contributed by atoms with E-state index in [0.717, 1.165) is 38.0 Å². The second kappa shape index (κ2) is 3.95. The summed E-state index contributed by atoms with van der Waals surface area (Å²) in [7, 11) is 0. The van der Waals surface area contributed by atoms with Crippen LogP contribution in [0.4, 0.5) is 10.5 Å². The molecule has 1 atom stereocenters. The lowest BCUT2D eigenvalue weighted by molar-refractivity contribution is 0.191. The molecule has 2 amide bonds. The predicted molar refractivity (Wildman–Crippen MR) is 66.6 cm³/mol. The Kier molecular flexibility index (Phi) is 2.42. The highest BCUT2D eigenvalue weighted by molar-refractivity contribution is 5.77. The maximum absolute atomic E-state index is 11.7. The number of fused-ring (bicyclic) bond motifs is 1. The van der Waals surface area contributed by atoms with Crippen molar-refractivity contribution in [3.63, 3.8) is 0 Å². The number of nitrogen functional groups attached to an aromatic ring is 1. The molecule has 0 aromatic heterocycles. The lowest BCUT2D eigenvalue weighted by Gasteiger charge is -2.32. The van der Waals surface area contributed by atoms with Gasteiger partial charge < -0.3 is 16.0 Å². The number of nitrogens with one attached hydrogen (secondary N) is 1. The van der Waals surface area contributed by atoms with Crippen LogP contribution >= 0.6 is 0 Å². The third-order valence-electron chi connectivity index (χ3n) is 3.72. The Morgan fingerprint density at radius 1 is 1.41 bits per heavy atom. The van der Waals surface area contributed by atoms with Gasteiger partial charge in [-0.1, -0.05) is 6.07 Å². The smallest absolute Gasteiger partial charge is 0.318 e. The first-order valence-electron chi connectivity index (χ1n) is 6.18. The molecule has 1 aromatic carbocycles. The fourth-order valence-corrected chi connectivity index (χ4v) is 2.92. The van der Waals surface area contributed by atoms with Gasteiger partial charge in [-0.25, -0.2) is 4.79 Å². The first-order chi connectivity index (χ1) is 8.25. The fraction of sp³-hybridized carbons (Fsp3) is 0.462. The van der Waals surface area contributed by atoms with E-state index in [2.05, 4.69) is 17.4 Å². The Bertz CT molecular complexity index is 458. The molecule has 1 aliphatic carbocycles. The molecular formula is C13H17N3O. The number of amides is 2. The Balaban J connectivity index is 1.96. The highest BCUT2D eigenvalue weighted by Crippen LogP contribution is 2.35. The normalized spacial score (nSPS) is 23.4. The Morgan fingerprint density at radius 3 is 3.06 bits per heavy atom. The summed E-state index contributed by atoms with van der Waals surface area (Å²) >= 11 is 0. The third-order valence-corrected chi connectivity index (χ3v) is 3.72. The monoisotopic (exact) mass is 231 g/mol. The average molecular weight is 231 g/mol. The molecule has 17 heavy (non-hydrogen) atoms. The van der Waals surface area contributed by atoms with E-state index < -0.39 is 0 Å². The predicted octanol–water partition coefficient (Wildman–Crippen LogP) is 1.67. The lowest BCUT2D eigenvalue weighted by Crippen LogP contribution is -2.34. The number of aryl methyl sites for hydroxylation is 1. The van der Waals surface area contributed by atoms with Crippen LogP contribution in [0.5, 0.6) is 0 Å². The molecule has 1 aromatic rings. The number of rotatable bonds is 1. The number of carbonyl (C=O) groups is 1. The molecule has 0 saturated carbocycles. The van der Waals surface area contributed by atoms with Gasteiger partial charge in [0.2, 0.25) is 0 Å². The topological polar surface area (TPSA) is 58.4 Å². The zero-order valence-electron chi connectivity index (χ0n) is 9.78. The molecule has 1 aliphatic heterocycles. The van der Waals surface area contributed by atoms with Crippen molar-refractivity contribution in [2.75, 3.05) is 18.8 Å². The zero-order valence-corrected chi connectivity index (χ0v) is 9.78. The van der Waals surface area contributed by atoms with E-state index in [0.29, 0.717) is 0 Å². The van der Waals surface area contributed by atoms with Crippen molar-refractivity contribution >= 4 is 11.7 Å². The lowest BCUT2D eigenvalue weighted by atomic mass is 9.86. The Morgan fingerprint density at radius 2 is 2.29 bits per heavy atom. The Labute approximate surface area is 101 Å². The van der Waals surface area contributed by atoms with E-state index >= 15 is 0 Å². The van der Waals surface area contributed by atoms with Gasteiger partial charge in [0.1, 0.15) is 0 Å². The molecule has 3 rings (SSSR count). The number of anilines is 1. The molecule has 1 saturated heterocycles. The highest BCUT2D eigenvalue weighted by atomic mass is 16.2. The first kappa shape index (κ1) is 10.4. The van der Waals surface area contributed by atoms with Gasteiger partial charge in [-0.15, -0.1) is 0 Å². The second-order valence-electron chi connectivity index (χ2n) is 4.79. The third kappa shape index (κ3) is 1.73. The standard InChI is InChI=1S/C13H17N3O/c14-10-4-5-11-9(8-10)2-1-3-12(11)16-7-6-15-13(16)17/h4-5,8,12H,1-3,6-7,14H2,(H,15,17). The quantitative estimate of drug-likeness (QED) is 0.722. The van der Waals surface area contributed by atoms with E-state index in [9.17, 15) is 4.79 Å². The van der Waals surface area contributed by atoms with Crippen LogP contribution < -0.4 is 11.1 Å². The van der Waals surface area contributed by atoms with Crippen molar-refractivity contribution in [3.05, 3.63) is 29.3 Å². The number of nitrogens with zero attached hydrogens (tertiary/aromatic N) is 1.